The number of rotatable bonds is 1. The molecule has 1 aromatic rings. The second-order valence-corrected chi connectivity index (χ2v) is 3.81. The van der Waals surface area contributed by atoms with Crippen LogP contribution in [0.1, 0.15) is 24.0 Å². The molecule has 0 aromatic heterocycles. The minimum atomic E-state index is 0.759. The molecule has 0 unspecified atom stereocenters. The zero-order valence-electron chi connectivity index (χ0n) is 8.09. The molecule has 2 rings (SSSR count). The average Bonchev–Trinajstić information content (AvgIpc) is 2.19. The normalized spacial score (nSPS) is 18.0. The molecule has 1 aliphatic carbocycles. The van der Waals surface area contributed by atoms with Gasteiger partial charge in [-0.25, -0.2) is 0 Å². The maximum Gasteiger partial charge on any atom is 0.106 e. The molecule has 0 heterocycles. The lowest BCUT2D eigenvalue weighted by molar-refractivity contribution is 0.212. The average molecular weight is 210 g/mol. The first kappa shape index (κ1) is 9.53. The van der Waals surface area contributed by atoms with Crippen LogP contribution in [0, 0.1) is 0 Å². The van der Waals surface area contributed by atoms with Crippen LogP contribution in [0.5, 0.6) is 0 Å². The summed E-state index contributed by atoms with van der Waals surface area (Å²) in [6, 6.07) is 5.96. The SMILES string of the molecule is CO/N=C1\CCCc2ccc(Cl)cc21. The summed E-state index contributed by atoms with van der Waals surface area (Å²) in [6.07, 6.45) is 3.22. The Balaban J connectivity index is 2.47. The van der Waals surface area contributed by atoms with Crippen LogP contribution in [0.15, 0.2) is 23.4 Å². The predicted octanol–water partition coefficient (Wildman–Crippen LogP) is 3.03. The van der Waals surface area contributed by atoms with Crippen molar-refractivity contribution in [3.8, 4) is 0 Å². The van der Waals surface area contributed by atoms with E-state index in [0.717, 1.165) is 35.6 Å². The zero-order valence-corrected chi connectivity index (χ0v) is 8.84. The molecule has 1 aliphatic rings. The van der Waals surface area contributed by atoms with Crippen molar-refractivity contribution in [3.63, 3.8) is 0 Å². The van der Waals surface area contributed by atoms with Gasteiger partial charge in [0.15, 0.2) is 0 Å². The Morgan fingerprint density at radius 3 is 3.00 bits per heavy atom. The van der Waals surface area contributed by atoms with E-state index in [1.807, 2.05) is 12.1 Å². The van der Waals surface area contributed by atoms with Crippen molar-refractivity contribution >= 4 is 17.3 Å². The highest BCUT2D eigenvalue weighted by atomic mass is 35.5. The first-order valence-electron chi connectivity index (χ1n) is 4.70. The number of nitrogens with zero attached hydrogens (tertiary/aromatic N) is 1. The molecule has 0 spiro atoms. The van der Waals surface area contributed by atoms with Crippen LogP contribution < -0.4 is 0 Å². The second kappa shape index (κ2) is 4.01. The highest BCUT2D eigenvalue weighted by Crippen LogP contribution is 2.24. The van der Waals surface area contributed by atoms with Gasteiger partial charge in [-0.15, -0.1) is 0 Å². The van der Waals surface area contributed by atoms with Gasteiger partial charge in [-0.3, -0.25) is 0 Å². The number of hydrogen-bond donors (Lipinski definition) is 0. The van der Waals surface area contributed by atoms with Gasteiger partial charge in [0.1, 0.15) is 7.11 Å². The first-order valence-corrected chi connectivity index (χ1v) is 5.08. The summed E-state index contributed by atoms with van der Waals surface area (Å²) in [7, 11) is 1.58. The third-order valence-electron chi connectivity index (χ3n) is 2.44. The summed E-state index contributed by atoms with van der Waals surface area (Å²) in [6.45, 7) is 0. The van der Waals surface area contributed by atoms with Gasteiger partial charge in [-0.2, -0.15) is 0 Å². The van der Waals surface area contributed by atoms with Crippen molar-refractivity contribution in [1.82, 2.24) is 0 Å². The van der Waals surface area contributed by atoms with Crippen molar-refractivity contribution in [2.24, 2.45) is 5.16 Å². The summed E-state index contributed by atoms with van der Waals surface area (Å²) in [5.41, 5.74) is 3.47. The standard InChI is InChI=1S/C11H12ClNO/c1-14-13-11-4-2-3-8-5-6-9(12)7-10(8)11/h5-7H,2-4H2,1H3/b13-11+. The van der Waals surface area contributed by atoms with E-state index in [9.17, 15) is 0 Å². The number of fused-ring (bicyclic) bond motifs is 1. The Hall–Kier alpha value is -1.02. The van der Waals surface area contributed by atoms with E-state index in [4.69, 9.17) is 16.4 Å². The lowest BCUT2D eigenvalue weighted by atomic mass is 9.90. The molecule has 0 bridgehead atoms. The molecule has 2 nitrogen and oxygen atoms in total. The van der Waals surface area contributed by atoms with E-state index in [-0.39, 0.29) is 0 Å². The van der Waals surface area contributed by atoms with Crippen molar-refractivity contribution in [2.45, 2.75) is 19.3 Å². The van der Waals surface area contributed by atoms with Crippen LogP contribution >= 0.6 is 11.6 Å². The molecule has 0 saturated heterocycles. The van der Waals surface area contributed by atoms with E-state index in [2.05, 4.69) is 11.2 Å². The van der Waals surface area contributed by atoms with E-state index < -0.39 is 0 Å². The third kappa shape index (κ3) is 1.75. The van der Waals surface area contributed by atoms with Crippen LogP contribution in [0.25, 0.3) is 0 Å². The fourth-order valence-electron chi connectivity index (χ4n) is 1.82. The lowest BCUT2D eigenvalue weighted by Crippen LogP contribution is -2.12. The summed E-state index contributed by atoms with van der Waals surface area (Å²) in [4.78, 5) is 4.82. The molecule has 0 radical (unpaired) electrons. The Bertz CT molecular complexity index is 374. The third-order valence-corrected chi connectivity index (χ3v) is 2.68. The molecule has 0 aliphatic heterocycles. The van der Waals surface area contributed by atoms with Gasteiger partial charge in [0.05, 0.1) is 5.71 Å². The number of oxime groups is 1. The van der Waals surface area contributed by atoms with Crippen molar-refractivity contribution in [3.05, 3.63) is 34.3 Å². The topological polar surface area (TPSA) is 21.6 Å². The Morgan fingerprint density at radius 1 is 1.36 bits per heavy atom. The number of hydrogen-bond acceptors (Lipinski definition) is 2. The molecular weight excluding hydrogens is 198 g/mol. The molecule has 0 fully saturated rings. The number of aryl methyl sites for hydroxylation is 1. The highest BCUT2D eigenvalue weighted by molar-refractivity contribution is 6.31. The lowest BCUT2D eigenvalue weighted by Gasteiger charge is -2.17. The smallest absolute Gasteiger partial charge is 0.106 e. The molecule has 3 heteroatoms. The second-order valence-electron chi connectivity index (χ2n) is 3.38. The predicted molar refractivity (Wildman–Crippen MR) is 57.9 cm³/mol. The fraction of sp³-hybridized carbons (Fsp3) is 0.364. The van der Waals surface area contributed by atoms with Crippen molar-refractivity contribution < 1.29 is 4.84 Å². The summed E-state index contributed by atoms with van der Waals surface area (Å²) < 4.78 is 0. The molecule has 0 atom stereocenters. The van der Waals surface area contributed by atoms with Gasteiger partial charge in [0.2, 0.25) is 0 Å². The Kier molecular flexibility index (Phi) is 2.73. The van der Waals surface area contributed by atoms with Crippen molar-refractivity contribution in [2.75, 3.05) is 7.11 Å². The van der Waals surface area contributed by atoms with E-state index in [0.29, 0.717) is 0 Å². The number of benzene rings is 1. The first-order chi connectivity index (χ1) is 6.81. The molecule has 1 aromatic carbocycles. The minimum Gasteiger partial charge on any atom is -0.399 e. The van der Waals surface area contributed by atoms with Gasteiger partial charge < -0.3 is 4.84 Å². The molecule has 74 valence electrons. The van der Waals surface area contributed by atoms with Gasteiger partial charge in [0.25, 0.3) is 0 Å². The summed E-state index contributed by atoms with van der Waals surface area (Å²) >= 11 is 5.95. The van der Waals surface area contributed by atoms with Crippen LogP contribution in [0.3, 0.4) is 0 Å². The van der Waals surface area contributed by atoms with Crippen LogP contribution in [-0.4, -0.2) is 12.8 Å². The zero-order chi connectivity index (χ0) is 9.97. The molecular formula is C11H12ClNO. The number of halogens is 1. The maximum absolute atomic E-state index is 5.95. The van der Waals surface area contributed by atoms with Crippen molar-refractivity contribution in [1.29, 1.82) is 0 Å². The van der Waals surface area contributed by atoms with E-state index in [1.54, 1.807) is 7.11 Å². The van der Waals surface area contributed by atoms with E-state index in [1.165, 1.54) is 5.56 Å². The Morgan fingerprint density at radius 2 is 2.21 bits per heavy atom. The van der Waals surface area contributed by atoms with Crippen LogP contribution in [0.2, 0.25) is 5.02 Å². The van der Waals surface area contributed by atoms with Gasteiger partial charge in [0, 0.05) is 10.6 Å². The summed E-state index contributed by atoms with van der Waals surface area (Å²) in [5.74, 6) is 0. The monoisotopic (exact) mass is 209 g/mol. The molecule has 0 amide bonds. The van der Waals surface area contributed by atoms with E-state index >= 15 is 0 Å². The largest absolute Gasteiger partial charge is 0.399 e. The molecule has 0 saturated carbocycles. The molecule has 0 N–H and O–H groups in total. The quantitative estimate of drug-likeness (QED) is 0.652. The fourth-order valence-corrected chi connectivity index (χ4v) is 1.99. The van der Waals surface area contributed by atoms with Crippen LogP contribution in [0.4, 0.5) is 0 Å². The van der Waals surface area contributed by atoms with Crippen LogP contribution in [-0.2, 0) is 11.3 Å². The maximum atomic E-state index is 5.95. The van der Waals surface area contributed by atoms with Gasteiger partial charge >= 0.3 is 0 Å². The summed E-state index contributed by atoms with van der Waals surface area (Å²) in [5, 5.41) is 4.78. The Labute approximate surface area is 88.5 Å². The minimum absolute atomic E-state index is 0.759. The van der Waals surface area contributed by atoms with Gasteiger partial charge in [-0.1, -0.05) is 22.8 Å². The highest BCUT2D eigenvalue weighted by Gasteiger charge is 2.15. The van der Waals surface area contributed by atoms with Gasteiger partial charge in [-0.05, 0) is 37.0 Å². The molecule has 14 heavy (non-hydrogen) atoms.